The molecule has 0 aromatic carbocycles. The number of carbonyl (C=O) groups is 1. The van der Waals surface area contributed by atoms with Crippen molar-refractivity contribution in [1.29, 1.82) is 0 Å². The average Bonchev–Trinajstić information content (AvgIpc) is 3.38. The second-order valence-electron chi connectivity index (χ2n) is 5.89. The lowest BCUT2D eigenvalue weighted by Gasteiger charge is -2.37. The van der Waals surface area contributed by atoms with E-state index < -0.39 is 0 Å². The number of thiophene rings is 1. The smallest absolute Gasteiger partial charge is 0.287 e. The van der Waals surface area contributed by atoms with Gasteiger partial charge in [0.2, 0.25) is 0 Å². The van der Waals surface area contributed by atoms with Gasteiger partial charge in [0.15, 0.2) is 11.7 Å². The highest BCUT2D eigenvalue weighted by molar-refractivity contribution is 7.14. The van der Waals surface area contributed by atoms with Crippen molar-refractivity contribution in [1.82, 2.24) is 15.5 Å². The molecule has 3 rings (SSSR count). The van der Waals surface area contributed by atoms with Gasteiger partial charge in [0, 0.05) is 39.3 Å². The third-order valence-electron chi connectivity index (χ3n) is 4.14. The van der Waals surface area contributed by atoms with Gasteiger partial charge < -0.3 is 24.9 Å². The lowest BCUT2D eigenvalue weighted by atomic mass is 10.3. The standard InChI is InChI=1S/C18H25N5O2S/c1-2-19-18(21-8-7-20-17(24)15-5-3-13-25-15)23-11-9-22(10-12-23)16-6-4-14-26-16/h3-6,13-14H,2,7-12H2,1H3,(H,19,21)(H,20,24). The lowest BCUT2D eigenvalue weighted by molar-refractivity contribution is 0.0927. The molecule has 3 heterocycles. The van der Waals surface area contributed by atoms with Crippen LogP contribution in [-0.4, -0.2) is 62.6 Å². The Morgan fingerprint density at radius 1 is 1.23 bits per heavy atom. The van der Waals surface area contributed by atoms with Crippen molar-refractivity contribution in [3.63, 3.8) is 0 Å². The van der Waals surface area contributed by atoms with Crippen molar-refractivity contribution in [3.8, 4) is 0 Å². The van der Waals surface area contributed by atoms with E-state index in [-0.39, 0.29) is 5.91 Å². The molecule has 2 aromatic rings. The fourth-order valence-corrected chi connectivity index (χ4v) is 3.63. The molecule has 140 valence electrons. The van der Waals surface area contributed by atoms with E-state index >= 15 is 0 Å². The first-order valence-corrected chi connectivity index (χ1v) is 9.79. The highest BCUT2D eigenvalue weighted by atomic mass is 32.1. The van der Waals surface area contributed by atoms with Gasteiger partial charge in [0.1, 0.15) is 0 Å². The van der Waals surface area contributed by atoms with Crippen LogP contribution in [0.5, 0.6) is 0 Å². The number of nitrogens with zero attached hydrogens (tertiary/aromatic N) is 3. The van der Waals surface area contributed by atoms with Gasteiger partial charge in [0.25, 0.3) is 5.91 Å². The topological polar surface area (TPSA) is 73.1 Å². The second kappa shape index (κ2) is 9.28. The summed E-state index contributed by atoms with van der Waals surface area (Å²) in [4.78, 5) is 21.2. The van der Waals surface area contributed by atoms with Crippen LogP contribution < -0.4 is 15.5 Å². The first kappa shape index (κ1) is 18.3. The van der Waals surface area contributed by atoms with Gasteiger partial charge >= 0.3 is 0 Å². The third kappa shape index (κ3) is 4.78. The van der Waals surface area contributed by atoms with E-state index in [1.165, 1.54) is 11.3 Å². The predicted molar refractivity (Wildman–Crippen MR) is 105 cm³/mol. The number of hydrogen-bond acceptors (Lipinski definition) is 5. The lowest BCUT2D eigenvalue weighted by Crippen LogP contribution is -2.52. The maximum absolute atomic E-state index is 11.8. The van der Waals surface area contributed by atoms with Crippen LogP contribution in [0.25, 0.3) is 0 Å². The predicted octanol–water partition coefficient (Wildman–Crippen LogP) is 1.86. The van der Waals surface area contributed by atoms with Gasteiger partial charge in [-0.2, -0.15) is 0 Å². The van der Waals surface area contributed by atoms with Crippen molar-refractivity contribution in [3.05, 3.63) is 41.7 Å². The number of carbonyl (C=O) groups excluding carboxylic acids is 1. The van der Waals surface area contributed by atoms with E-state index in [4.69, 9.17) is 4.42 Å². The summed E-state index contributed by atoms with van der Waals surface area (Å²) >= 11 is 1.78. The molecule has 26 heavy (non-hydrogen) atoms. The number of guanidine groups is 1. The molecule has 0 bridgehead atoms. The van der Waals surface area contributed by atoms with E-state index in [0.717, 1.165) is 38.7 Å². The highest BCUT2D eigenvalue weighted by Gasteiger charge is 2.20. The van der Waals surface area contributed by atoms with Gasteiger partial charge in [-0.05, 0) is 36.6 Å². The number of amides is 1. The maximum Gasteiger partial charge on any atom is 0.287 e. The second-order valence-corrected chi connectivity index (χ2v) is 6.82. The minimum Gasteiger partial charge on any atom is -0.459 e. The molecule has 1 amide bonds. The summed E-state index contributed by atoms with van der Waals surface area (Å²) in [5.74, 6) is 1.02. The summed E-state index contributed by atoms with van der Waals surface area (Å²) in [6, 6.07) is 7.61. The van der Waals surface area contributed by atoms with E-state index in [2.05, 4.69) is 49.9 Å². The first-order chi connectivity index (χ1) is 12.8. The monoisotopic (exact) mass is 375 g/mol. The Bertz CT molecular complexity index is 691. The molecule has 0 spiro atoms. The summed E-state index contributed by atoms with van der Waals surface area (Å²) < 4.78 is 5.08. The molecule has 0 saturated carbocycles. The number of aliphatic imine (C=N–C) groups is 1. The van der Waals surface area contributed by atoms with Crippen LogP contribution in [0.3, 0.4) is 0 Å². The largest absolute Gasteiger partial charge is 0.459 e. The van der Waals surface area contributed by atoms with Gasteiger partial charge in [-0.25, -0.2) is 0 Å². The number of furan rings is 1. The van der Waals surface area contributed by atoms with E-state index in [1.54, 1.807) is 23.5 Å². The van der Waals surface area contributed by atoms with E-state index in [9.17, 15) is 4.79 Å². The van der Waals surface area contributed by atoms with Gasteiger partial charge in [0.05, 0.1) is 17.8 Å². The maximum atomic E-state index is 11.8. The Morgan fingerprint density at radius 3 is 2.73 bits per heavy atom. The summed E-state index contributed by atoms with van der Waals surface area (Å²) in [6.07, 6.45) is 1.49. The van der Waals surface area contributed by atoms with Crippen LogP contribution in [0.1, 0.15) is 17.5 Å². The third-order valence-corrected chi connectivity index (χ3v) is 5.06. The summed E-state index contributed by atoms with van der Waals surface area (Å²) in [5.41, 5.74) is 0. The first-order valence-electron chi connectivity index (χ1n) is 8.91. The molecule has 2 N–H and O–H groups in total. The van der Waals surface area contributed by atoms with Crippen LogP contribution in [0.4, 0.5) is 5.00 Å². The van der Waals surface area contributed by atoms with Crippen LogP contribution in [-0.2, 0) is 0 Å². The molecule has 1 aliphatic rings. The van der Waals surface area contributed by atoms with Crippen LogP contribution >= 0.6 is 11.3 Å². The molecule has 0 aliphatic carbocycles. The zero-order valence-electron chi connectivity index (χ0n) is 15.0. The number of nitrogens with one attached hydrogen (secondary N) is 2. The van der Waals surface area contributed by atoms with E-state index in [1.807, 2.05) is 0 Å². The molecule has 0 unspecified atom stereocenters. The van der Waals surface area contributed by atoms with Crippen molar-refractivity contribution in [2.75, 3.05) is 50.7 Å². The SMILES string of the molecule is CCNC(=NCCNC(=O)c1ccco1)N1CCN(c2cccs2)CC1. The van der Waals surface area contributed by atoms with Crippen molar-refractivity contribution >= 4 is 28.2 Å². The Morgan fingerprint density at radius 2 is 2.08 bits per heavy atom. The number of hydrogen-bond donors (Lipinski definition) is 2. The van der Waals surface area contributed by atoms with E-state index in [0.29, 0.717) is 18.8 Å². The zero-order valence-corrected chi connectivity index (χ0v) is 15.8. The molecule has 7 nitrogen and oxygen atoms in total. The minimum atomic E-state index is -0.209. The summed E-state index contributed by atoms with van der Waals surface area (Å²) in [5, 5.41) is 9.61. The Kier molecular flexibility index (Phi) is 6.54. The van der Waals surface area contributed by atoms with Crippen molar-refractivity contribution in [2.45, 2.75) is 6.92 Å². The van der Waals surface area contributed by atoms with Crippen LogP contribution in [0.15, 0.2) is 45.3 Å². The molecule has 1 fully saturated rings. The summed E-state index contributed by atoms with van der Waals surface area (Å²) in [6.45, 7) is 7.73. The molecular weight excluding hydrogens is 350 g/mol. The van der Waals surface area contributed by atoms with Gasteiger partial charge in [-0.15, -0.1) is 11.3 Å². The Balaban J connectivity index is 1.47. The quantitative estimate of drug-likeness (QED) is 0.458. The molecule has 8 heteroatoms. The summed E-state index contributed by atoms with van der Waals surface area (Å²) in [7, 11) is 0. The van der Waals surface area contributed by atoms with Crippen molar-refractivity contribution < 1.29 is 9.21 Å². The Labute approximate surface area is 157 Å². The fourth-order valence-electron chi connectivity index (χ4n) is 2.84. The molecule has 0 atom stereocenters. The van der Waals surface area contributed by atoms with Crippen molar-refractivity contribution in [2.24, 2.45) is 4.99 Å². The molecule has 0 radical (unpaired) electrons. The molecular formula is C18H25N5O2S. The molecule has 1 aliphatic heterocycles. The van der Waals surface area contributed by atoms with Crippen LogP contribution in [0, 0.1) is 0 Å². The van der Waals surface area contributed by atoms with Crippen LogP contribution in [0.2, 0.25) is 0 Å². The number of rotatable bonds is 6. The average molecular weight is 375 g/mol. The number of piperazine rings is 1. The molecule has 2 aromatic heterocycles. The normalized spacial score (nSPS) is 15.2. The zero-order chi connectivity index (χ0) is 18.2. The highest BCUT2D eigenvalue weighted by Crippen LogP contribution is 2.22. The van der Waals surface area contributed by atoms with Gasteiger partial charge in [-0.1, -0.05) is 0 Å². The number of anilines is 1. The van der Waals surface area contributed by atoms with Gasteiger partial charge in [-0.3, -0.25) is 9.79 Å². The fraction of sp³-hybridized carbons (Fsp3) is 0.444. The molecule has 1 saturated heterocycles. The minimum absolute atomic E-state index is 0.209. The Hall–Kier alpha value is -2.48.